The van der Waals surface area contributed by atoms with E-state index in [4.69, 9.17) is 15.0 Å². The number of methoxy groups -OCH3 is 1. The van der Waals surface area contributed by atoms with Crippen molar-refractivity contribution in [2.45, 2.75) is 4.90 Å². The largest absolute Gasteiger partial charge is 0.495 e. The number of hydrogen-bond donors (Lipinski definition) is 1. The number of aromatic nitrogens is 1. The van der Waals surface area contributed by atoms with Crippen LogP contribution in [0, 0.1) is 0 Å². The number of hydrogen-bond acceptors (Lipinski definition) is 6. The van der Waals surface area contributed by atoms with Crippen LogP contribution in [0.25, 0.3) is 11.1 Å². The van der Waals surface area contributed by atoms with E-state index in [0.717, 1.165) is 6.26 Å². The fraction of sp³-hybridized carbons (Fsp3) is 0.182. The SMILES string of the molecule is COc1ccc(-c2cnoc2N)cc1S(C)(=O)=O. The molecule has 1 aromatic carbocycles. The van der Waals surface area contributed by atoms with Crippen molar-refractivity contribution in [2.75, 3.05) is 19.1 Å². The minimum atomic E-state index is -3.39. The van der Waals surface area contributed by atoms with Crippen molar-refractivity contribution in [2.24, 2.45) is 0 Å². The van der Waals surface area contributed by atoms with E-state index in [9.17, 15) is 8.42 Å². The molecular weight excluding hydrogens is 256 g/mol. The second kappa shape index (κ2) is 4.34. The van der Waals surface area contributed by atoms with Gasteiger partial charge in [0.25, 0.3) is 0 Å². The normalized spacial score (nSPS) is 11.4. The molecule has 0 amide bonds. The van der Waals surface area contributed by atoms with E-state index in [-0.39, 0.29) is 16.5 Å². The van der Waals surface area contributed by atoms with Gasteiger partial charge >= 0.3 is 0 Å². The Labute approximate surface area is 104 Å². The van der Waals surface area contributed by atoms with Crippen LogP contribution in [0.4, 0.5) is 5.88 Å². The highest BCUT2D eigenvalue weighted by molar-refractivity contribution is 7.90. The molecular formula is C11H12N2O4S. The third kappa shape index (κ3) is 2.17. The highest BCUT2D eigenvalue weighted by Gasteiger charge is 2.17. The molecule has 0 bridgehead atoms. The summed E-state index contributed by atoms with van der Waals surface area (Å²) in [5.41, 5.74) is 6.74. The first kappa shape index (κ1) is 12.4. The molecule has 0 radical (unpaired) electrons. The highest BCUT2D eigenvalue weighted by Crippen LogP contribution is 2.32. The molecule has 7 heteroatoms. The number of nitrogens with two attached hydrogens (primary N) is 1. The maximum atomic E-state index is 11.7. The van der Waals surface area contributed by atoms with Crippen LogP contribution in [0.2, 0.25) is 0 Å². The Hall–Kier alpha value is -2.02. The highest BCUT2D eigenvalue weighted by atomic mass is 32.2. The van der Waals surface area contributed by atoms with E-state index in [1.807, 2.05) is 0 Å². The third-order valence-corrected chi connectivity index (χ3v) is 3.59. The molecule has 0 aliphatic heterocycles. The maximum Gasteiger partial charge on any atom is 0.229 e. The van der Waals surface area contributed by atoms with Crippen LogP contribution >= 0.6 is 0 Å². The van der Waals surface area contributed by atoms with Crippen molar-refractivity contribution in [3.05, 3.63) is 24.4 Å². The van der Waals surface area contributed by atoms with E-state index < -0.39 is 9.84 Å². The average Bonchev–Trinajstić information content (AvgIpc) is 2.73. The molecule has 0 atom stereocenters. The minimum Gasteiger partial charge on any atom is -0.495 e. The first-order valence-electron chi connectivity index (χ1n) is 5.02. The Balaban J connectivity index is 2.64. The summed E-state index contributed by atoms with van der Waals surface area (Å²) in [5.74, 6) is 0.427. The summed E-state index contributed by atoms with van der Waals surface area (Å²) < 4.78 is 33.1. The number of anilines is 1. The second-order valence-electron chi connectivity index (χ2n) is 3.74. The molecule has 18 heavy (non-hydrogen) atoms. The first-order valence-corrected chi connectivity index (χ1v) is 6.91. The molecule has 0 aliphatic rings. The van der Waals surface area contributed by atoms with Gasteiger partial charge in [0.15, 0.2) is 9.84 Å². The molecule has 1 heterocycles. The number of benzene rings is 1. The topological polar surface area (TPSA) is 95.4 Å². The van der Waals surface area contributed by atoms with E-state index >= 15 is 0 Å². The molecule has 0 aliphatic carbocycles. The van der Waals surface area contributed by atoms with Gasteiger partial charge in [-0.25, -0.2) is 8.42 Å². The minimum absolute atomic E-state index is 0.100. The van der Waals surface area contributed by atoms with Gasteiger partial charge in [0.1, 0.15) is 10.6 Å². The van der Waals surface area contributed by atoms with Crippen molar-refractivity contribution < 1.29 is 17.7 Å². The smallest absolute Gasteiger partial charge is 0.229 e. The van der Waals surface area contributed by atoms with Gasteiger partial charge in [-0.1, -0.05) is 11.2 Å². The Kier molecular flexibility index (Phi) is 3.00. The van der Waals surface area contributed by atoms with Crippen LogP contribution in [0.1, 0.15) is 0 Å². The summed E-state index contributed by atoms with van der Waals surface area (Å²) in [6.45, 7) is 0. The van der Waals surface area contributed by atoms with Gasteiger partial charge in [-0.3, -0.25) is 0 Å². The number of sulfone groups is 1. The van der Waals surface area contributed by atoms with Crippen LogP contribution in [0.5, 0.6) is 5.75 Å². The summed E-state index contributed by atoms with van der Waals surface area (Å²) >= 11 is 0. The predicted molar refractivity (Wildman–Crippen MR) is 66.0 cm³/mol. The van der Waals surface area contributed by atoms with E-state index in [0.29, 0.717) is 11.1 Å². The van der Waals surface area contributed by atoms with Gasteiger partial charge < -0.3 is 15.0 Å². The molecule has 2 N–H and O–H groups in total. The Morgan fingerprint density at radius 2 is 2.11 bits per heavy atom. The predicted octanol–water partition coefficient (Wildman–Crippen LogP) is 1.34. The molecule has 96 valence electrons. The maximum absolute atomic E-state index is 11.7. The third-order valence-electron chi connectivity index (χ3n) is 2.47. The molecule has 0 spiro atoms. The summed E-state index contributed by atoms with van der Waals surface area (Å²) in [4.78, 5) is 0.100. The van der Waals surface area contributed by atoms with Crippen LogP contribution in [-0.2, 0) is 9.84 Å². The number of ether oxygens (including phenoxy) is 1. The van der Waals surface area contributed by atoms with E-state index in [1.165, 1.54) is 19.4 Å². The van der Waals surface area contributed by atoms with Crippen LogP contribution in [-0.4, -0.2) is 26.9 Å². The van der Waals surface area contributed by atoms with Crippen LogP contribution < -0.4 is 10.5 Å². The first-order chi connectivity index (χ1) is 8.43. The lowest BCUT2D eigenvalue weighted by Crippen LogP contribution is -2.01. The molecule has 2 rings (SSSR count). The van der Waals surface area contributed by atoms with Gasteiger partial charge in [0.2, 0.25) is 5.88 Å². The molecule has 1 aromatic heterocycles. The van der Waals surface area contributed by atoms with Crippen molar-refractivity contribution in [3.63, 3.8) is 0 Å². The summed E-state index contributed by atoms with van der Waals surface area (Å²) in [6.07, 6.45) is 2.55. The van der Waals surface area contributed by atoms with Gasteiger partial charge in [-0.15, -0.1) is 0 Å². The summed E-state index contributed by atoms with van der Waals surface area (Å²) in [6, 6.07) is 4.74. The zero-order valence-corrected chi connectivity index (χ0v) is 10.7. The number of nitrogen functional groups attached to an aromatic ring is 1. The molecule has 0 fully saturated rings. The van der Waals surface area contributed by atoms with Crippen molar-refractivity contribution in [1.29, 1.82) is 0 Å². The average molecular weight is 268 g/mol. The summed E-state index contributed by atoms with van der Waals surface area (Å²) in [7, 11) is -1.97. The van der Waals surface area contributed by atoms with Gasteiger partial charge in [0.05, 0.1) is 18.9 Å². The van der Waals surface area contributed by atoms with E-state index in [1.54, 1.807) is 12.1 Å². The second-order valence-corrected chi connectivity index (χ2v) is 5.73. The lowest BCUT2D eigenvalue weighted by atomic mass is 10.1. The fourth-order valence-electron chi connectivity index (χ4n) is 1.60. The van der Waals surface area contributed by atoms with Crippen LogP contribution in [0.15, 0.2) is 33.8 Å². The quantitative estimate of drug-likeness (QED) is 0.902. The molecule has 6 nitrogen and oxygen atoms in total. The molecule has 0 unspecified atom stereocenters. The zero-order valence-electron chi connectivity index (χ0n) is 9.88. The Bertz CT molecular complexity index is 676. The molecule has 0 saturated heterocycles. The van der Waals surface area contributed by atoms with Crippen molar-refractivity contribution >= 4 is 15.7 Å². The standard InChI is InChI=1S/C11H12N2O4S/c1-16-9-4-3-7(5-10(9)18(2,14)15)8-6-13-17-11(8)12/h3-6H,12H2,1-2H3. The lowest BCUT2D eigenvalue weighted by Gasteiger charge is -2.08. The monoisotopic (exact) mass is 268 g/mol. The molecule has 0 saturated carbocycles. The van der Waals surface area contributed by atoms with Crippen molar-refractivity contribution in [1.82, 2.24) is 5.16 Å². The number of nitrogens with zero attached hydrogens (tertiary/aromatic N) is 1. The van der Waals surface area contributed by atoms with Crippen molar-refractivity contribution in [3.8, 4) is 16.9 Å². The zero-order chi connectivity index (χ0) is 13.3. The van der Waals surface area contributed by atoms with Gasteiger partial charge in [0, 0.05) is 6.26 Å². The van der Waals surface area contributed by atoms with Crippen LogP contribution in [0.3, 0.4) is 0 Å². The van der Waals surface area contributed by atoms with Gasteiger partial charge in [-0.2, -0.15) is 0 Å². The Morgan fingerprint density at radius 1 is 1.39 bits per heavy atom. The fourth-order valence-corrected chi connectivity index (χ4v) is 2.46. The van der Waals surface area contributed by atoms with E-state index in [2.05, 4.69) is 5.16 Å². The molecule has 2 aromatic rings. The summed E-state index contributed by atoms with van der Waals surface area (Å²) in [5, 5.41) is 3.55. The van der Waals surface area contributed by atoms with Gasteiger partial charge in [-0.05, 0) is 17.7 Å². The number of rotatable bonds is 3. The lowest BCUT2D eigenvalue weighted by molar-refractivity contribution is 0.403. The Morgan fingerprint density at radius 3 is 2.61 bits per heavy atom.